The predicted molar refractivity (Wildman–Crippen MR) is 67.0 cm³/mol. The summed E-state index contributed by atoms with van der Waals surface area (Å²) in [6.45, 7) is 9.90. The molecule has 0 atom stereocenters. The van der Waals surface area contributed by atoms with Crippen LogP contribution in [0, 0.1) is 0 Å². The molecule has 0 saturated heterocycles. The van der Waals surface area contributed by atoms with Crippen molar-refractivity contribution >= 4 is 5.91 Å². The Morgan fingerprint density at radius 1 is 1.44 bits per heavy atom. The fourth-order valence-corrected chi connectivity index (χ4v) is 1.34. The molecule has 0 aliphatic rings. The molecule has 1 amide bonds. The van der Waals surface area contributed by atoms with Gasteiger partial charge in [0.05, 0.1) is 7.11 Å². The number of carbonyl (C=O) groups excluding carboxylic acids is 1. The van der Waals surface area contributed by atoms with Crippen LogP contribution >= 0.6 is 0 Å². The predicted octanol–water partition coefficient (Wildman–Crippen LogP) is 2.57. The molecule has 0 aromatic carbocycles. The van der Waals surface area contributed by atoms with Crippen LogP contribution in [0.25, 0.3) is 0 Å². The summed E-state index contributed by atoms with van der Waals surface area (Å²) in [5.74, 6) is 0.634. The maximum absolute atomic E-state index is 10.7. The lowest BCUT2D eigenvalue weighted by Gasteiger charge is -2.09. The molecule has 90 valence electrons. The van der Waals surface area contributed by atoms with Crippen LogP contribution in [0.4, 0.5) is 0 Å². The second-order valence-corrected chi connectivity index (χ2v) is 3.54. The number of ether oxygens (including phenoxy) is 1. The molecule has 0 unspecified atom stereocenters. The smallest absolute Gasteiger partial charge is 0.216 e. The molecule has 3 nitrogen and oxygen atoms in total. The first-order valence-corrected chi connectivity index (χ1v) is 5.32. The van der Waals surface area contributed by atoms with E-state index in [1.165, 1.54) is 12.5 Å². The third-order valence-corrected chi connectivity index (χ3v) is 2.26. The van der Waals surface area contributed by atoms with Crippen LogP contribution in [0.1, 0.15) is 27.2 Å². The number of methoxy groups -OCH3 is 1. The minimum absolute atomic E-state index is 0.00149. The number of amides is 1. The van der Waals surface area contributed by atoms with Gasteiger partial charge in [-0.1, -0.05) is 12.7 Å². The van der Waals surface area contributed by atoms with E-state index in [-0.39, 0.29) is 5.91 Å². The van der Waals surface area contributed by atoms with E-state index in [0.29, 0.717) is 12.3 Å². The van der Waals surface area contributed by atoms with Crippen LogP contribution in [-0.2, 0) is 9.53 Å². The van der Waals surface area contributed by atoms with Crippen molar-refractivity contribution in [3.63, 3.8) is 0 Å². The fraction of sp³-hybridized carbons (Fsp3) is 0.462. The van der Waals surface area contributed by atoms with E-state index >= 15 is 0 Å². The summed E-state index contributed by atoms with van der Waals surface area (Å²) in [4.78, 5) is 10.7. The number of nitrogens with one attached hydrogen (secondary N) is 1. The second-order valence-electron chi connectivity index (χ2n) is 3.54. The highest BCUT2D eigenvalue weighted by Crippen LogP contribution is 2.14. The molecule has 0 aliphatic heterocycles. The first-order valence-electron chi connectivity index (χ1n) is 5.32. The summed E-state index contributed by atoms with van der Waals surface area (Å²) in [6, 6.07) is 0. The number of carbonyl (C=O) groups is 1. The topological polar surface area (TPSA) is 38.3 Å². The lowest BCUT2D eigenvalue weighted by atomic mass is 10.0. The number of hydrogen-bond donors (Lipinski definition) is 1. The minimum Gasteiger partial charge on any atom is -0.497 e. The molecule has 0 bridgehead atoms. The van der Waals surface area contributed by atoms with Crippen LogP contribution in [-0.4, -0.2) is 19.6 Å². The van der Waals surface area contributed by atoms with Crippen molar-refractivity contribution in [3.8, 4) is 0 Å². The average molecular weight is 223 g/mol. The van der Waals surface area contributed by atoms with Crippen LogP contribution < -0.4 is 5.32 Å². The van der Waals surface area contributed by atoms with Gasteiger partial charge in [0.25, 0.3) is 0 Å². The van der Waals surface area contributed by atoms with Crippen LogP contribution in [0.3, 0.4) is 0 Å². The van der Waals surface area contributed by atoms with Gasteiger partial charge in [0.2, 0.25) is 5.91 Å². The minimum atomic E-state index is -0.00149. The maximum atomic E-state index is 10.7. The van der Waals surface area contributed by atoms with Crippen molar-refractivity contribution in [2.24, 2.45) is 0 Å². The summed E-state index contributed by atoms with van der Waals surface area (Å²) in [6.07, 6.45) is 4.75. The van der Waals surface area contributed by atoms with E-state index in [9.17, 15) is 4.79 Å². The largest absolute Gasteiger partial charge is 0.497 e. The Balaban J connectivity index is 4.34. The Bertz CT molecular complexity index is 314. The number of rotatable bonds is 6. The highest BCUT2D eigenvalue weighted by molar-refractivity contribution is 5.72. The maximum Gasteiger partial charge on any atom is 0.216 e. The third kappa shape index (κ3) is 6.06. The molecule has 1 N–H and O–H groups in total. The Hall–Kier alpha value is -1.51. The molecule has 3 heteroatoms. The van der Waals surface area contributed by atoms with Crippen molar-refractivity contribution in [2.45, 2.75) is 27.2 Å². The second kappa shape index (κ2) is 7.74. The SMILES string of the molecule is C=C(C=C(C)C(=CC)CCNC(C)=O)OC. The zero-order valence-electron chi connectivity index (χ0n) is 10.6. The molecule has 0 heterocycles. The molecular weight excluding hydrogens is 202 g/mol. The Labute approximate surface area is 97.9 Å². The van der Waals surface area contributed by atoms with E-state index in [0.717, 1.165) is 12.0 Å². The molecule has 0 aliphatic carbocycles. The zero-order valence-corrected chi connectivity index (χ0v) is 10.6. The van der Waals surface area contributed by atoms with Gasteiger partial charge in [-0.25, -0.2) is 0 Å². The molecule has 16 heavy (non-hydrogen) atoms. The molecule has 0 aromatic rings. The Morgan fingerprint density at radius 3 is 2.50 bits per heavy atom. The van der Waals surface area contributed by atoms with Gasteiger partial charge < -0.3 is 10.1 Å². The Morgan fingerprint density at radius 2 is 2.06 bits per heavy atom. The van der Waals surface area contributed by atoms with Crippen molar-refractivity contribution < 1.29 is 9.53 Å². The molecule has 0 radical (unpaired) electrons. The van der Waals surface area contributed by atoms with Crippen LogP contribution in [0.2, 0.25) is 0 Å². The van der Waals surface area contributed by atoms with Gasteiger partial charge in [-0.3, -0.25) is 4.79 Å². The summed E-state index contributed by atoms with van der Waals surface area (Å²) in [5.41, 5.74) is 2.30. The fourth-order valence-electron chi connectivity index (χ4n) is 1.34. The lowest BCUT2D eigenvalue weighted by Crippen LogP contribution is -2.21. The summed E-state index contributed by atoms with van der Waals surface area (Å²) < 4.78 is 4.99. The third-order valence-electron chi connectivity index (χ3n) is 2.26. The highest BCUT2D eigenvalue weighted by atomic mass is 16.5. The summed E-state index contributed by atoms with van der Waals surface area (Å²) >= 11 is 0. The first kappa shape index (κ1) is 14.5. The summed E-state index contributed by atoms with van der Waals surface area (Å²) in [5, 5.41) is 2.77. The molecule has 0 aromatic heterocycles. The van der Waals surface area contributed by atoms with Crippen LogP contribution in [0.5, 0.6) is 0 Å². The van der Waals surface area contributed by atoms with Crippen molar-refractivity contribution in [3.05, 3.63) is 35.6 Å². The first-order chi connectivity index (χ1) is 7.51. The van der Waals surface area contributed by atoms with Gasteiger partial charge >= 0.3 is 0 Å². The number of allylic oxidation sites excluding steroid dienone is 3. The van der Waals surface area contributed by atoms with E-state index in [2.05, 4.69) is 11.9 Å². The van der Waals surface area contributed by atoms with Gasteiger partial charge in [0, 0.05) is 13.5 Å². The quantitative estimate of drug-likeness (QED) is 0.555. The molecular formula is C13H21NO2. The van der Waals surface area contributed by atoms with Gasteiger partial charge in [0.1, 0.15) is 5.76 Å². The standard InChI is InChI=1S/C13H21NO2/c1-6-13(7-8-14-12(4)15)10(2)9-11(3)16-5/h6,9H,3,7-8H2,1-2,4-5H3,(H,14,15). The normalized spacial score (nSPS) is 12.2. The highest BCUT2D eigenvalue weighted by Gasteiger charge is 2.00. The van der Waals surface area contributed by atoms with E-state index < -0.39 is 0 Å². The summed E-state index contributed by atoms with van der Waals surface area (Å²) in [7, 11) is 1.60. The Kier molecular flexibility index (Phi) is 7.01. The lowest BCUT2D eigenvalue weighted by molar-refractivity contribution is -0.118. The van der Waals surface area contributed by atoms with Gasteiger partial charge in [-0.05, 0) is 37.5 Å². The van der Waals surface area contributed by atoms with Crippen LogP contribution in [0.15, 0.2) is 35.6 Å². The average Bonchev–Trinajstić information content (AvgIpc) is 2.23. The molecule has 0 fully saturated rings. The van der Waals surface area contributed by atoms with Gasteiger partial charge in [-0.15, -0.1) is 0 Å². The zero-order chi connectivity index (χ0) is 12.6. The molecule has 0 rings (SSSR count). The van der Waals surface area contributed by atoms with E-state index in [4.69, 9.17) is 4.74 Å². The van der Waals surface area contributed by atoms with E-state index in [1.54, 1.807) is 7.11 Å². The number of hydrogen-bond acceptors (Lipinski definition) is 2. The molecule has 0 spiro atoms. The van der Waals surface area contributed by atoms with Crippen molar-refractivity contribution in [1.82, 2.24) is 5.32 Å². The van der Waals surface area contributed by atoms with Gasteiger partial charge in [-0.2, -0.15) is 0 Å². The van der Waals surface area contributed by atoms with Crippen molar-refractivity contribution in [1.29, 1.82) is 0 Å². The van der Waals surface area contributed by atoms with Gasteiger partial charge in [0.15, 0.2) is 0 Å². The monoisotopic (exact) mass is 223 g/mol. The molecule has 0 saturated carbocycles. The van der Waals surface area contributed by atoms with Crippen molar-refractivity contribution in [2.75, 3.05) is 13.7 Å². The van der Waals surface area contributed by atoms with E-state index in [1.807, 2.05) is 26.0 Å².